The molecule has 1 atom stereocenters. The molecular weight excluding hydrogens is 358 g/mol. The van der Waals surface area contributed by atoms with Crippen molar-refractivity contribution in [2.24, 2.45) is 0 Å². The molecule has 0 aliphatic carbocycles. The minimum absolute atomic E-state index is 0.117. The molecule has 7 nitrogen and oxygen atoms in total. The number of nitrogens with zero attached hydrogens (tertiary/aromatic N) is 1. The molecule has 0 heterocycles. The Morgan fingerprint density at radius 3 is 2.29 bits per heavy atom. The highest BCUT2D eigenvalue weighted by Gasteiger charge is 2.20. The van der Waals surface area contributed by atoms with Crippen LogP contribution in [-0.2, 0) is 14.3 Å². The van der Waals surface area contributed by atoms with Crippen molar-refractivity contribution in [3.63, 3.8) is 0 Å². The highest BCUT2D eigenvalue weighted by molar-refractivity contribution is 5.94. The van der Waals surface area contributed by atoms with Gasteiger partial charge in [-0.25, -0.2) is 0 Å². The number of carbonyl (C=O) groups excluding carboxylic acids is 3. The second-order valence-corrected chi connectivity index (χ2v) is 5.93. The summed E-state index contributed by atoms with van der Waals surface area (Å²) in [6.07, 6.45) is 0.0648. The number of benzene rings is 2. The molecule has 0 aromatic heterocycles. The normalized spacial score (nSPS) is 11.0. The zero-order chi connectivity index (χ0) is 20.2. The fraction of sp³-hybridized carbons (Fsp3) is 0.238. The second kappa shape index (κ2) is 11.1. The predicted molar refractivity (Wildman–Crippen MR) is 102 cm³/mol. The first-order chi connectivity index (χ1) is 13.6. The van der Waals surface area contributed by atoms with Crippen LogP contribution in [0.1, 0.15) is 34.8 Å². The molecule has 2 N–H and O–H groups in total. The topological polar surface area (TPSA) is 108 Å². The summed E-state index contributed by atoms with van der Waals surface area (Å²) in [7, 11) is 0. The molecule has 144 valence electrons. The number of ether oxygens (including phenoxy) is 1. The van der Waals surface area contributed by atoms with E-state index < -0.39 is 24.5 Å². The first-order valence-electron chi connectivity index (χ1n) is 8.80. The fourth-order valence-electron chi connectivity index (χ4n) is 2.45. The van der Waals surface area contributed by atoms with E-state index in [1.165, 1.54) is 0 Å². The molecular formula is C21H21N3O4. The zero-order valence-corrected chi connectivity index (χ0v) is 15.3. The number of amides is 2. The number of nitrogens with one attached hydrogen (secondary N) is 2. The number of rotatable bonds is 9. The van der Waals surface area contributed by atoms with Gasteiger partial charge < -0.3 is 15.4 Å². The Labute approximate surface area is 163 Å². The lowest BCUT2D eigenvalue weighted by Crippen LogP contribution is -2.32. The average molecular weight is 379 g/mol. The van der Waals surface area contributed by atoms with Crippen molar-refractivity contribution in [1.29, 1.82) is 5.26 Å². The van der Waals surface area contributed by atoms with E-state index in [4.69, 9.17) is 10.00 Å². The standard InChI is InChI=1S/C21H21N3O4/c22-12-7-13-23-19(25)15-28-20(26)14-18(16-8-3-1-4-9-16)24-21(27)17-10-5-2-6-11-17/h1-6,8-11,18H,7,13-15H2,(H,23,25)(H,24,27). The predicted octanol–water partition coefficient (Wildman–Crippen LogP) is 2.12. The molecule has 0 aliphatic rings. The van der Waals surface area contributed by atoms with Crippen LogP contribution in [0.15, 0.2) is 60.7 Å². The summed E-state index contributed by atoms with van der Waals surface area (Å²) in [4.78, 5) is 36.2. The summed E-state index contributed by atoms with van der Waals surface area (Å²) in [5.74, 6) is -1.40. The summed E-state index contributed by atoms with van der Waals surface area (Å²) in [6.45, 7) is -0.231. The van der Waals surface area contributed by atoms with Crippen molar-refractivity contribution >= 4 is 17.8 Å². The highest BCUT2D eigenvalue weighted by Crippen LogP contribution is 2.18. The van der Waals surface area contributed by atoms with Gasteiger partial charge in [0.15, 0.2) is 6.61 Å². The molecule has 1 unspecified atom stereocenters. The van der Waals surface area contributed by atoms with Gasteiger partial charge in [-0.05, 0) is 17.7 Å². The third kappa shape index (κ3) is 6.92. The van der Waals surface area contributed by atoms with Gasteiger partial charge in [0.25, 0.3) is 11.8 Å². The molecule has 2 aromatic carbocycles. The van der Waals surface area contributed by atoms with Gasteiger partial charge in [-0.15, -0.1) is 0 Å². The van der Waals surface area contributed by atoms with Gasteiger partial charge in [-0.2, -0.15) is 5.26 Å². The maximum absolute atomic E-state index is 12.5. The van der Waals surface area contributed by atoms with E-state index >= 15 is 0 Å². The maximum Gasteiger partial charge on any atom is 0.308 e. The summed E-state index contributed by atoms with van der Waals surface area (Å²) in [6, 6.07) is 19.1. The van der Waals surface area contributed by atoms with Crippen molar-refractivity contribution in [3.8, 4) is 6.07 Å². The van der Waals surface area contributed by atoms with E-state index in [1.54, 1.807) is 36.4 Å². The molecule has 0 bridgehead atoms. The van der Waals surface area contributed by atoms with Crippen molar-refractivity contribution in [3.05, 3.63) is 71.8 Å². The summed E-state index contributed by atoms with van der Waals surface area (Å²) >= 11 is 0. The summed E-state index contributed by atoms with van der Waals surface area (Å²) < 4.78 is 4.99. The minimum Gasteiger partial charge on any atom is -0.456 e. The van der Waals surface area contributed by atoms with Gasteiger partial charge in [0.1, 0.15) is 0 Å². The van der Waals surface area contributed by atoms with E-state index in [-0.39, 0.29) is 25.3 Å². The van der Waals surface area contributed by atoms with Crippen LogP contribution in [0.5, 0.6) is 0 Å². The van der Waals surface area contributed by atoms with Crippen LogP contribution < -0.4 is 10.6 Å². The molecule has 0 saturated carbocycles. The molecule has 0 radical (unpaired) electrons. The highest BCUT2D eigenvalue weighted by atomic mass is 16.5. The van der Waals surface area contributed by atoms with Crippen LogP contribution in [0.4, 0.5) is 0 Å². The van der Waals surface area contributed by atoms with Gasteiger partial charge in [0.05, 0.1) is 25.0 Å². The number of hydrogen-bond donors (Lipinski definition) is 2. The number of carbonyl (C=O) groups is 3. The lowest BCUT2D eigenvalue weighted by Gasteiger charge is -2.18. The van der Waals surface area contributed by atoms with Crippen molar-refractivity contribution in [2.45, 2.75) is 18.9 Å². The largest absolute Gasteiger partial charge is 0.456 e. The maximum atomic E-state index is 12.5. The van der Waals surface area contributed by atoms with E-state index in [0.717, 1.165) is 5.56 Å². The molecule has 2 amide bonds. The van der Waals surface area contributed by atoms with Crippen molar-refractivity contribution in [1.82, 2.24) is 10.6 Å². The van der Waals surface area contributed by atoms with E-state index in [0.29, 0.717) is 5.56 Å². The van der Waals surface area contributed by atoms with Crippen LogP contribution in [0.3, 0.4) is 0 Å². The molecule has 2 rings (SSSR count). The minimum atomic E-state index is -0.613. The van der Waals surface area contributed by atoms with Crippen molar-refractivity contribution < 1.29 is 19.1 Å². The van der Waals surface area contributed by atoms with Gasteiger partial charge in [-0.3, -0.25) is 14.4 Å². The number of hydrogen-bond acceptors (Lipinski definition) is 5. The van der Waals surface area contributed by atoms with E-state index in [2.05, 4.69) is 10.6 Å². The third-order valence-electron chi connectivity index (χ3n) is 3.84. The molecule has 7 heteroatoms. The lowest BCUT2D eigenvalue weighted by molar-refractivity contribution is -0.149. The molecule has 0 aliphatic heterocycles. The van der Waals surface area contributed by atoms with Crippen LogP contribution in [0.25, 0.3) is 0 Å². The molecule has 0 fully saturated rings. The Hall–Kier alpha value is -3.66. The van der Waals surface area contributed by atoms with Crippen LogP contribution in [0.2, 0.25) is 0 Å². The monoisotopic (exact) mass is 379 g/mol. The van der Waals surface area contributed by atoms with E-state index in [9.17, 15) is 14.4 Å². The number of nitriles is 1. The lowest BCUT2D eigenvalue weighted by atomic mass is 10.0. The van der Waals surface area contributed by atoms with Crippen LogP contribution in [0, 0.1) is 11.3 Å². The zero-order valence-electron chi connectivity index (χ0n) is 15.3. The molecule has 2 aromatic rings. The smallest absolute Gasteiger partial charge is 0.308 e. The Kier molecular flexibility index (Phi) is 8.21. The van der Waals surface area contributed by atoms with Gasteiger partial charge in [0, 0.05) is 12.1 Å². The SMILES string of the molecule is N#CCCNC(=O)COC(=O)CC(NC(=O)c1ccccc1)c1ccccc1. The molecule has 0 saturated heterocycles. The Morgan fingerprint density at radius 1 is 1.00 bits per heavy atom. The summed E-state index contributed by atoms with van der Waals surface area (Å²) in [5, 5.41) is 13.7. The summed E-state index contributed by atoms with van der Waals surface area (Å²) in [5.41, 5.74) is 1.23. The van der Waals surface area contributed by atoms with E-state index in [1.807, 2.05) is 30.3 Å². The van der Waals surface area contributed by atoms with Gasteiger partial charge in [-0.1, -0.05) is 48.5 Å². The van der Waals surface area contributed by atoms with Crippen molar-refractivity contribution in [2.75, 3.05) is 13.2 Å². The first kappa shape index (κ1) is 20.6. The Bertz CT molecular complexity index is 832. The molecule has 0 spiro atoms. The first-order valence-corrected chi connectivity index (χ1v) is 8.80. The average Bonchev–Trinajstić information content (AvgIpc) is 2.73. The van der Waals surface area contributed by atoms with Gasteiger partial charge >= 0.3 is 5.97 Å². The number of esters is 1. The molecule has 28 heavy (non-hydrogen) atoms. The van der Waals surface area contributed by atoms with Crippen LogP contribution >= 0.6 is 0 Å². The van der Waals surface area contributed by atoms with Gasteiger partial charge in [0.2, 0.25) is 0 Å². The Balaban J connectivity index is 1.96. The Morgan fingerprint density at radius 2 is 1.64 bits per heavy atom. The quantitative estimate of drug-likeness (QED) is 0.512. The second-order valence-electron chi connectivity index (χ2n) is 5.93. The fourth-order valence-corrected chi connectivity index (χ4v) is 2.45. The van der Waals surface area contributed by atoms with Crippen LogP contribution in [-0.4, -0.2) is 30.9 Å². The third-order valence-corrected chi connectivity index (χ3v) is 3.84.